The average molecular weight is 355 g/mol. The second-order valence-corrected chi connectivity index (χ2v) is 6.31. The van der Waals surface area contributed by atoms with Crippen molar-refractivity contribution in [3.63, 3.8) is 0 Å². The molecule has 2 aromatic carbocycles. The molecule has 0 bridgehead atoms. The third-order valence-electron chi connectivity index (χ3n) is 4.16. The van der Waals surface area contributed by atoms with Gasteiger partial charge >= 0.3 is 0 Å². The molecule has 26 heavy (non-hydrogen) atoms. The lowest BCUT2D eigenvalue weighted by Gasteiger charge is -2.18. The fourth-order valence-corrected chi connectivity index (χ4v) is 2.66. The minimum absolute atomic E-state index is 0.113. The summed E-state index contributed by atoms with van der Waals surface area (Å²) in [5.41, 5.74) is 2.33. The third kappa shape index (κ3) is 6.10. The highest BCUT2D eigenvalue weighted by Crippen LogP contribution is 2.19. The Balaban J connectivity index is 1.75. The summed E-state index contributed by atoms with van der Waals surface area (Å²) in [5.74, 6) is 1.46. The highest BCUT2D eigenvalue weighted by molar-refractivity contribution is 5.81. The van der Waals surface area contributed by atoms with E-state index in [9.17, 15) is 4.79 Å². The third-order valence-corrected chi connectivity index (χ3v) is 4.16. The standard InChI is InChI=1S/C22H29NO3/c1-4-8-18-11-13-19(14-12-18)25-16-15-23-22(24)20(5-2)26-21-10-7-6-9-17(21)3/h6-7,9-14,20H,4-5,8,15-16H2,1-3H3,(H,23,24). The Bertz CT molecular complexity index is 682. The van der Waals surface area contributed by atoms with Gasteiger partial charge < -0.3 is 14.8 Å². The summed E-state index contributed by atoms with van der Waals surface area (Å²) < 4.78 is 11.5. The second kappa shape index (κ2) is 10.5. The van der Waals surface area contributed by atoms with Crippen LogP contribution in [0.25, 0.3) is 0 Å². The Hall–Kier alpha value is -2.49. The molecular weight excluding hydrogens is 326 g/mol. The first-order chi connectivity index (χ1) is 12.6. The number of aryl methyl sites for hydroxylation is 2. The van der Waals surface area contributed by atoms with Crippen molar-refractivity contribution in [2.24, 2.45) is 0 Å². The van der Waals surface area contributed by atoms with Gasteiger partial charge in [-0.2, -0.15) is 0 Å². The van der Waals surface area contributed by atoms with Crippen LogP contribution < -0.4 is 14.8 Å². The van der Waals surface area contributed by atoms with E-state index in [1.165, 1.54) is 5.56 Å². The van der Waals surface area contributed by atoms with Crippen LogP contribution in [0.4, 0.5) is 0 Å². The van der Waals surface area contributed by atoms with Gasteiger partial charge in [0.15, 0.2) is 6.10 Å². The van der Waals surface area contributed by atoms with Crippen LogP contribution in [0.5, 0.6) is 11.5 Å². The number of hydrogen-bond acceptors (Lipinski definition) is 3. The molecule has 0 heterocycles. The van der Waals surface area contributed by atoms with Crippen LogP contribution in [-0.2, 0) is 11.2 Å². The van der Waals surface area contributed by atoms with Gasteiger partial charge in [-0.1, -0.05) is 50.6 Å². The van der Waals surface area contributed by atoms with Crippen LogP contribution in [0.15, 0.2) is 48.5 Å². The van der Waals surface area contributed by atoms with Crippen molar-refractivity contribution < 1.29 is 14.3 Å². The first-order valence-corrected chi connectivity index (χ1v) is 9.35. The Morgan fingerprint density at radius 3 is 2.46 bits per heavy atom. The zero-order valence-electron chi connectivity index (χ0n) is 16.0. The number of amides is 1. The van der Waals surface area contributed by atoms with E-state index >= 15 is 0 Å². The molecule has 2 rings (SSSR count). The fourth-order valence-electron chi connectivity index (χ4n) is 2.66. The van der Waals surface area contributed by atoms with E-state index in [0.29, 0.717) is 19.6 Å². The number of carbonyl (C=O) groups excluding carboxylic acids is 1. The van der Waals surface area contributed by atoms with Crippen LogP contribution in [0, 0.1) is 6.92 Å². The monoisotopic (exact) mass is 355 g/mol. The molecule has 0 saturated heterocycles. The first kappa shape index (κ1) is 19.8. The Morgan fingerprint density at radius 1 is 1.08 bits per heavy atom. The fraction of sp³-hybridized carbons (Fsp3) is 0.409. The summed E-state index contributed by atoms with van der Waals surface area (Å²) in [6.45, 7) is 6.96. The van der Waals surface area contributed by atoms with E-state index in [-0.39, 0.29) is 5.91 Å². The molecule has 140 valence electrons. The molecule has 0 spiro atoms. The molecule has 1 unspecified atom stereocenters. The Morgan fingerprint density at radius 2 is 1.81 bits per heavy atom. The first-order valence-electron chi connectivity index (χ1n) is 9.35. The van der Waals surface area contributed by atoms with E-state index in [1.54, 1.807) is 0 Å². The van der Waals surface area contributed by atoms with Crippen LogP contribution in [0.2, 0.25) is 0 Å². The highest BCUT2D eigenvalue weighted by Gasteiger charge is 2.18. The van der Waals surface area contributed by atoms with Crippen molar-refractivity contribution >= 4 is 5.91 Å². The molecular formula is C22H29NO3. The summed E-state index contributed by atoms with van der Waals surface area (Å²) in [4.78, 5) is 12.3. The van der Waals surface area contributed by atoms with E-state index in [1.807, 2.05) is 50.2 Å². The van der Waals surface area contributed by atoms with Gasteiger partial charge in [0, 0.05) is 0 Å². The van der Waals surface area contributed by atoms with Crippen molar-refractivity contribution in [2.75, 3.05) is 13.2 Å². The molecule has 4 nitrogen and oxygen atoms in total. The molecule has 1 atom stereocenters. The van der Waals surface area contributed by atoms with Gasteiger partial charge in [-0.05, 0) is 49.1 Å². The topological polar surface area (TPSA) is 47.6 Å². The molecule has 0 aliphatic rings. The smallest absolute Gasteiger partial charge is 0.261 e. The molecule has 2 aromatic rings. The highest BCUT2D eigenvalue weighted by atomic mass is 16.5. The summed E-state index contributed by atoms with van der Waals surface area (Å²) in [6, 6.07) is 15.8. The van der Waals surface area contributed by atoms with E-state index < -0.39 is 6.10 Å². The molecule has 0 fully saturated rings. The Labute approximate surface area is 156 Å². The maximum Gasteiger partial charge on any atom is 0.261 e. The SMILES string of the molecule is CCCc1ccc(OCCNC(=O)C(CC)Oc2ccccc2C)cc1. The van der Waals surface area contributed by atoms with Gasteiger partial charge in [-0.25, -0.2) is 0 Å². The van der Waals surface area contributed by atoms with Gasteiger partial charge in [0.25, 0.3) is 5.91 Å². The number of nitrogens with one attached hydrogen (secondary N) is 1. The minimum Gasteiger partial charge on any atom is -0.492 e. The predicted octanol–water partition coefficient (Wildman–Crippen LogP) is 4.30. The number of benzene rings is 2. The van der Waals surface area contributed by atoms with E-state index in [0.717, 1.165) is 29.9 Å². The average Bonchev–Trinajstić information content (AvgIpc) is 2.66. The van der Waals surface area contributed by atoms with Gasteiger partial charge in [-0.3, -0.25) is 4.79 Å². The van der Waals surface area contributed by atoms with Crippen molar-refractivity contribution in [1.29, 1.82) is 0 Å². The summed E-state index contributed by atoms with van der Waals surface area (Å²) in [7, 11) is 0. The maximum atomic E-state index is 12.3. The lowest BCUT2D eigenvalue weighted by Crippen LogP contribution is -2.39. The van der Waals surface area contributed by atoms with Crippen LogP contribution >= 0.6 is 0 Å². The lowest BCUT2D eigenvalue weighted by atomic mass is 10.1. The van der Waals surface area contributed by atoms with Gasteiger partial charge in [-0.15, -0.1) is 0 Å². The number of hydrogen-bond donors (Lipinski definition) is 1. The number of ether oxygens (including phenoxy) is 2. The zero-order chi connectivity index (χ0) is 18.8. The predicted molar refractivity (Wildman–Crippen MR) is 105 cm³/mol. The number of para-hydroxylation sites is 1. The van der Waals surface area contributed by atoms with E-state index in [4.69, 9.17) is 9.47 Å². The normalized spacial score (nSPS) is 11.7. The molecule has 0 aliphatic carbocycles. The lowest BCUT2D eigenvalue weighted by molar-refractivity contribution is -0.128. The van der Waals surface area contributed by atoms with Gasteiger partial charge in [0.05, 0.1) is 6.54 Å². The van der Waals surface area contributed by atoms with Crippen molar-refractivity contribution in [3.8, 4) is 11.5 Å². The van der Waals surface area contributed by atoms with Gasteiger partial charge in [0.1, 0.15) is 18.1 Å². The maximum absolute atomic E-state index is 12.3. The molecule has 0 aliphatic heterocycles. The van der Waals surface area contributed by atoms with Crippen molar-refractivity contribution in [2.45, 2.75) is 46.1 Å². The van der Waals surface area contributed by atoms with Gasteiger partial charge in [0.2, 0.25) is 0 Å². The molecule has 1 amide bonds. The van der Waals surface area contributed by atoms with Crippen LogP contribution in [0.1, 0.15) is 37.8 Å². The number of rotatable bonds is 10. The second-order valence-electron chi connectivity index (χ2n) is 6.31. The largest absolute Gasteiger partial charge is 0.492 e. The Kier molecular flexibility index (Phi) is 8.00. The minimum atomic E-state index is -0.496. The molecule has 0 saturated carbocycles. The summed E-state index contributed by atoms with van der Waals surface area (Å²) >= 11 is 0. The summed E-state index contributed by atoms with van der Waals surface area (Å²) in [5, 5.41) is 2.89. The van der Waals surface area contributed by atoms with Crippen molar-refractivity contribution in [1.82, 2.24) is 5.32 Å². The zero-order valence-corrected chi connectivity index (χ0v) is 16.0. The van der Waals surface area contributed by atoms with Crippen LogP contribution in [-0.4, -0.2) is 25.2 Å². The van der Waals surface area contributed by atoms with Crippen molar-refractivity contribution in [3.05, 3.63) is 59.7 Å². The molecule has 4 heteroatoms. The molecule has 0 radical (unpaired) electrons. The quantitative estimate of drug-likeness (QED) is 0.647. The van der Waals surface area contributed by atoms with E-state index in [2.05, 4.69) is 24.4 Å². The molecule has 1 N–H and O–H groups in total. The summed E-state index contributed by atoms with van der Waals surface area (Å²) in [6.07, 6.45) is 2.33. The molecule has 0 aromatic heterocycles. The number of carbonyl (C=O) groups is 1. The van der Waals surface area contributed by atoms with Crippen LogP contribution in [0.3, 0.4) is 0 Å².